The highest BCUT2D eigenvalue weighted by atomic mass is 32.2. The summed E-state index contributed by atoms with van der Waals surface area (Å²) in [5, 5.41) is 9.26. The number of hydrogen-bond acceptors (Lipinski definition) is 5. The van der Waals surface area contributed by atoms with Gasteiger partial charge in [0, 0.05) is 19.5 Å². The number of carboxylic acids is 1. The van der Waals surface area contributed by atoms with Crippen LogP contribution < -0.4 is 5.73 Å². The van der Waals surface area contributed by atoms with Gasteiger partial charge in [-0.05, 0) is 19.4 Å². The molecule has 0 aliphatic carbocycles. The molecule has 1 fully saturated rings. The van der Waals surface area contributed by atoms with Crippen LogP contribution in [0.2, 0.25) is 0 Å². The Bertz CT molecular complexity index is 476. The number of aliphatic carboxylic acids is 1. The molecule has 1 saturated heterocycles. The predicted molar refractivity (Wildman–Crippen MR) is 73.9 cm³/mol. The molecule has 1 atom stereocenters. The van der Waals surface area contributed by atoms with Crippen LogP contribution in [-0.4, -0.2) is 61.4 Å². The molecular formula is C12H22N2O5S. The highest BCUT2D eigenvalue weighted by Crippen LogP contribution is 2.33. The minimum atomic E-state index is -3.32. The molecular weight excluding hydrogens is 284 g/mol. The molecule has 116 valence electrons. The lowest BCUT2D eigenvalue weighted by atomic mass is 9.84. The second-order valence-electron chi connectivity index (χ2n) is 5.33. The lowest BCUT2D eigenvalue weighted by molar-refractivity contribution is -0.148. The third-order valence-corrected chi connectivity index (χ3v) is 5.57. The molecule has 1 unspecified atom stereocenters. The first-order chi connectivity index (χ1) is 9.21. The van der Waals surface area contributed by atoms with Gasteiger partial charge >= 0.3 is 5.97 Å². The molecule has 3 N–H and O–H groups in total. The van der Waals surface area contributed by atoms with Gasteiger partial charge in [-0.2, -0.15) is 0 Å². The number of likely N-dealkylation sites (tertiary alicyclic amines) is 1. The Balaban J connectivity index is 2.48. The summed E-state index contributed by atoms with van der Waals surface area (Å²) in [5.74, 6) is -1.77. The summed E-state index contributed by atoms with van der Waals surface area (Å²) >= 11 is 0. The molecule has 1 rings (SSSR count). The molecule has 1 amide bonds. The average Bonchev–Trinajstić information content (AvgIpc) is 2.79. The first kappa shape index (κ1) is 16.9. The van der Waals surface area contributed by atoms with Crippen LogP contribution in [0.3, 0.4) is 0 Å². The lowest BCUT2D eigenvalue weighted by Crippen LogP contribution is -2.36. The molecule has 0 aromatic heterocycles. The van der Waals surface area contributed by atoms with Crippen molar-refractivity contribution in [2.24, 2.45) is 11.1 Å². The van der Waals surface area contributed by atoms with E-state index in [9.17, 15) is 23.1 Å². The third-order valence-electron chi connectivity index (χ3n) is 3.94. The SMILES string of the molecule is CCC1(C(=O)O)CCN(CCS(=O)(=O)CCC(N)=O)C1. The number of carbonyl (C=O) groups is 2. The van der Waals surface area contributed by atoms with Crippen molar-refractivity contribution in [2.45, 2.75) is 26.2 Å². The van der Waals surface area contributed by atoms with E-state index in [0.29, 0.717) is 32.5 Å². The first-order valence-corrected chi connectivity index (χ1v) is 8.47. The Labute approximate surface area is 119 Å². The first-order valence-electron chi connectivity index (χ1n) is 6.65. The number of carboxylic acid groups (broad SMARTS) is 1. The van der Waals surface area contributed by atoms with Gasteiger partial charge in [0.1, 0.15) is 0 Å². The van der Waals surface area contributed by atoms with Crippen molar-refractivity contribution in [3.63, 3.8) is 0 Å². The largest absolute Gasteiger partial charge is 0.481 e. The van der Waals surface area contributed by atoms with Crippen LogP contribution >= 0.6 is 0 Å². The quantitative estimate of drug-likeness (QED) is 0.622. The smallest absolute Gasteiger partial charge is 0.310 e. The summed E-state index contributed by atoms with van der Waals surface area (Å²) in [6.45, 7) is 3.10. The Kier molecular flexibility index (Phi) is 5.52. The van der Waals surface area contributed by atoms with Gasteiger partial charge in [-0.25, -0.2) is 8.42 Å². The topological polar surface area (TPSA) is 118 Å². The normalized spacial score (nSPS) is 23.9. The second kappa shape index (κ2) is 6.53. The fourth-order valence-corrected chi connectivity index (χ4v) is 3.64. The number of primary amides is 1. The van der Waals surface area contributed by atoms with Gasteiger partial charge in [0.2, 0.25) is 5.91 Å². The van der Waals surface area contributed by atoms with Crippen LogP contribution in [0.15, 0.2) is 0 Å². The number of carbonyl (C=O) groups excluding carboxylic acids is 1. The highest BCUT2D eigenvalue weighted by molar-refractivity contribution is 7.91. The molecule has 1 aliphatic heterocycles. The molecule has 8 heteroatoms. The van der Waals surface area contributed by atoms with Gasteiger partial charge in [0.05, 0.1) is 16.9 Å². The fraction of sp³-hybridized carbons (Fsp3) is 0.833. The molecule has 0 bridgehead atoms. The Morgan fingerprint density at radius 2 is 2.00 bits per heavy atom. The minimum absolute atomic E-state index is 0.0697. The Morgan fingerprint density at radius 1 is 1.35 bits per heavy atom. The van der Waals surface area contributed by atoms with Crippen molar-refractivity contribution in [2.75, 3.05) is 31.1 Å². The van der Waals surface area contributed by atoms with E-state index >= 15 is 0 Å². The van der Waals surface area contributed by atoms with Crippen molar-refractivity contribution in [3.8, 4) is 0 Å². The number of hydrogen-bond donors (Lipinski definition) is 2. The van der Waals surface area contributed by atoms with E-state index < -0.39 is 27.1 Å². The zero-order valence-corrected chi connectivity index (χ0v) is 12.5. The van der Waals surface area contributed by atoms with Gasteiger partial charge in [0.25, 0.3) is 0 Å². The Morgan fingerprint density at radius 3 is 2.45 bits per heavy atom. The lowest BCUT2D eigenvalue weighted by Gasteiger charge is -2.23. The van der Waals surface area contributed by atoms with E-state index in [4.69, 9.17) is 5.73 Å². The van der Waals surface area contributed by atoms with Crippen LogP contribution in [0.1, 0.15) is 26.2 Å². The summed E-state index contributed by atoms with van der Waals surface area (Å²) in [6.07, 6.45) is 0.907. The molecule has 7 nitrogen and oxygen atoms in total. The van der Waals surface area contributed by atoms with Crippen molar-refractivity contribution >= 4 is 21.7 Å². The van der Waals surface area contributed by atoms with E-state index in [-0.39, 0.29) is 17.9 Å². The number of rotatable bonds is 8. The monoisotopic (exact) mass is 306 g/mol. The van der Waals surface area contributed by atoms with E-state index in [0.717, 1.165) is 0 Å². The van der Waals surface area contributed by atoms with Crippen molar-refractivity contribution in [1.29, 1.82) is 0 Å². The van der Waals surface area contributed by atoms with Crippen LogP contribution in [0, 0.1) is 5.41 Å². The summed E-state index contributed by atoms with van der Waals surface area (Å²) in [5.41, 5.74) is 4.17. The second-order valence-corrected chi connectivity index (χ2v) is 7.64. The van der Waals surface area contributed by atoms with Crippen molar-refractivity contribution < 1.29 is 23.1 Å². The summed E-state index contributed by atoms with van der Waals surface area (Å²) < 4.78 is 23.4. The summed E-state index contributed by atoms with van der Waals surface area (Å²) in [7, 11) is -3.32. The van der Waals surface area contributed by atoms with Gasteiger partial charge in [-0.3, -0.25) is 9.59 Å². The number of amides is 1. The maximum Gasteiger partial charge on any atom is 0.310 e. The number of nitrogens with zero attached hydrogens (tertiary/aromatic N) is 1. The van der Waals surface area contributed by atoms with E-state index in [2.05, 4.69) is 0 Å². The summed E-state index contributed by atoms with van der Waals surface area (Å²) in [4.78, 5) is 23.7. The molecule has 0 saturated carbocycles. The van der Waals surface area contributed by atoms with Gasteiger partial charge < -0.3 is 15.7 Å². The zero-order chi connectivity index (χ0) is 15.4. The molecule has 0 aromatic rings. The van der Waals surface area contributed by atoms with E-state index in [1.807, 2.05) is 11.8 Å². The number of sulfone groups is 1. The van der Waals surface area contributed by atoms with Gasteiger partial charge in [0.15, 0.2) is 9.84 Å². The van der Waals surface area contributed by atoms with Crippen LogP contribution in [0.4, 0.5) is 0 Å². The van der Waals surface area contributed by atoms with Crippen LogP contribution in [0.5, 0.6) is 0 Å². The standard InChI is InChI=1S/C12H22N2O5S/c1-2-12(11(16)17)4-5-14(9-12)6-8-20(18,19)7-3-10(13)15/h2-9H2,1H3,(H2,13,15)(H,16,17). The minimum Gasteiger partial charge on any atom is -0.481 e. The summed E-state index contributed by atoms with van der Waals surface area (Å²) in [6, 6.07) is 0. The van der Waals surface area contributed by atoms with Crippen LogP contribution in [-0.2, 0) is 19.4 Å². The highest BCUT2D eigenvalue weighted by Gasteiger charge is 2.43. The van der Waals surface area contributed by atoms with E-state index in [1.165, 1.54) is 0 Å². The molecule has 0 radical (unpaired) electrons. The van der Waals surface area contributed by atoms with Crippen LogP contribution in [0.25, 0.3) is 0 Å². The Hall–Kier alpha value is -1.15. The third kappa shape index (κ3) is 4.45. The van der Waals surface area contributed by atoms with Gasteiger partial charge in [-0.1, -0.05) is 6.92 Å². The fourth-order valence-electron chi connectivity index (χ4n) is 2.39. The molecule has 0 aromatic carbocycles. The predicted octanol–water partition coefficient (Wildman–Crippen LogP) is -0.537. The van der Waals surface area contributed by atoms with E-state index in [1.54, 1.807) is 0 Å². The molecule has 0 spiro atoms. The maximum atomic E-state index is 11.7. The van der Waals surface area contributed by atoms with Gasteiger partial charge in [-0.15, -0.1) is 0 Å². The molecule has 1 aliphatic rings. The number of nitrogens with two attached hydrogens (primary N) is 1. The van der Waals surface area contributed by atoms with Crippen molar-refractivity contribution in [3.05, 3.63) is 0 Å². The molecule has 20 heavy (non-hydrogen) atoms. The average molecular weight is 306 g/mol. The zero-order valence-electron chi connectivity index (χ0n) is 11.7. The van der Waals surface area contributed by atoms with Crippen molar-refractivity contribution in [1.82, 2.24) is 4.90 Å². The maximum absolute atomic E-state index is 11.7. The molecule has 1 heterocycles.